The summed E-state index contributed by atoms with van der Waals surface area (Å²) in [5.74, 6) is 0.649. The van der Waals surface area contributed by atoms with Gasteiger partial charge in [-0.05, 0) is 75.0 Å². The molecular formula is C54H33N3O. The van der Waals surface area contributed by atoms with Gasteiger partial charge in [0.25, 0.3) is 0 Å². The molecule has 0 saturated heterocycles. The van der Waals surface area contributed by atoms with Crippen molar-refractivity contribution in [2.45, 2.75) is 0 Å². The molecule has 0 radical (unpaired) electrons. The topological polar surface area (TPSA) is 43.9 Å². The van der Waals surface area contributed by atoms with Crippen molar-refractivity contribution in [1.29, 1.82) is 0 Å². The highest BCUT2D eigenvalue weighted by molar-refractivity contribution is 6.22. The molecule has 9 aromatic carbocycles. The zero-order valence-corrected chi connectivity index (χ0v) is 31.3. The lowest BCUT2D eigenvalue weighted by Crippen LogP contribution is -2.03. The van der Waals surface area contributed by atoms with Gasteiger partial charge in [0.05, 0.1) is 22.2 Å². The first kappa shape index (κ1) is 32.4. The molecule has 12 aromatic rings. The molecule has 0 bridgehead atoms. The van der Waals surface area contributed by atoms with Gasteiger partial charge in [0, 0.05) is 38.1 Å². The summed E-state index contributed by atoms with van der Waals surface area (Å²) >= 11 is 0. The summed E-state index contributed by atoms with van der Waals surface area (Å²) in [4.78, 5) is 10.6. The van der Waals surface area contributed by atoms with Gasteiger partial charge in [0.2, 0.25) is 5.95 Å². The smallest absolute Gasteiger partial charge is 0.235 e. The van der Waals surface area contributed by atoms with E-state index in [0.29, 0.717) is 5.95 Å². The van der Waals surface area contributed by atoms with Gasteiger partial charge in [0.1, 0.15) is 11.2 Å². The zero-order chi connectivity index (χ0) is 38.2. The molecule has 0 aliphatic rings. The van der Waals surface area contributed by atoms with Gasteiger partial charge in [-0.3, -0.25) is 4.57 Å². The van der Waals surface area contributed by atoms with Crippen molar-refractivity contribution in [2.24, 2.45) is 0 Å². The van der Waals surface area contributed by atoms with Crippen LogP contribution in [0.3, 0.4) is 0 Å². The van der Waals surface area contributed by atoms with E-state index in [1.54, 1.807) is 0 Å². The number of benzene rings is 9. The van der Waals surface area contributed by atoms with E-state index in [-0.39, 0.29) is 0 Å². The van der Waals surface area contributed by atoms with Crippen LogP contribution in [0.15, 0.2) is 205 Å². The van der Waals surface area contributed by atoms with Crippen LogP contribution >= 0.6 is 0 Å². The van der Waals surface area contributed by atoms with Gasteiger partial charge in [-0.1, -0.05) is 164 Å². The van der Waals surface area contributed by atoms with E-state index in [2.05, 4.69) is 193 Å². The van der Waals surface area contributed by atoms with Crippen molar-refractivity contribution < 1.29 is 4.42 Å². The first-order valence-electron chi connectivity index (χ1n) is 19.7. The highest BCUT2D eigenvalue weighted by Crippen LogP contribution is 2.40. The molecule has 3 aromatic heterocycles. The maximum Gasteiger partial charge on any atom is 0.235 e. The van der Waals surface area contributed by atoms with Crippen LogP contribution in [0, 0.1) is 0 Å². The third-order valence-corrected chi connectivity index (χ3v) is 11.6. The summed E-state index contributed by atoms with van der Waals surface area (Å²) in [7, 11) is 0. The van der Waals surface area contributed by atoms with Crippen molar-refractivity contribution in [1.82, 2.24) is 14.5 Å². The second kappa shape index (κ2) is 12.9. The van der Waals surface area contributed by atoms with E-state index in [1.807, 2.05) is 12.1 Å². The van der Waals surface area contributed by atoms with Crippen LogP contribution in [0.4, 0.5) is 0 Å². The molecule has 3 heterocycles. The molecule has 12 rings (SSSR count). The molecule has 0 saturated carbocycles. The molecule has 0 aliphatic carbocycles. The Hall–Kier alpha value is -7.82. The molecule has 0 unspecified atom stereocenters. The predicted octanol–water partition coefficient (Wildman–Crippen LogP) is 14.4. The first-order chi connectivity index (χ1) is 28.7. The number of nitrogens with zero attached hydrogens (tertiary/aromatic N) is 3. The Labute approximate surface area is 333 Å². The van der Waals surface area contributed by atoms with Crippen LogP contribution in [0.1, 0.15) is 0 Å². The van der Waals surface area contributed by atoms with Crippen LogP contribution in [-0.2, 0) is 0 Å². The highest BCUT2D eigenvalue weighted by atomic mass is 16.3. The maximum absolute atomic E-state index is 6.37. The lowest BCUT2D eigenvalue weighted by atomic mass is 9.96. The van der Waals surface area contributed by atoms with Crippen LogP contribution in [0.2, 0.25) is 0 Å². The van der Waals surface area contributed by atoms with Gasteiger partial charge < -0.3 is 4.42 Å². The predicted molar refractivity (Wildman–Crippen MR) is 240 cm³/mol. The van der Waals surface area contributed by atoms with E-state index in [4.69, 9.17) is 14.4 Å². The number of para-hydroxylation sites is 4. The van der Waals surface area contributed by atoms with Crippen LogP contribution in [0.5, 0.6) is 0 Å². The number of aromatic nitrogens is 3. The Morgan fingerprint density at radius 1 is 0.379 bits per heavy atom. The molecule has 58 heavy (non-hydrogen) atoms. The maximum atomic E-state index is 6.37. The Kier molecular flexibility index (Phi) is 7.20. The summed E-state index contributed by atoms with van der Waals surface area (Å²) in [5, 5.41) is 8.03. The average molecular weight is 740 g/mol. The van der Waals surface area contributed by atoms with Crippen LogP contribution < -0.4 is 0 Å². The van der Waals surface area contributed by atoms with Crippen molar-refractivity contribution in [3.63, 3.8) is 0 Å². The fourth-order valence-corrected chi connectivity index (χ4v) is 8.86. The normalized spacial score (nSPS) is 11.8. The van der Waals surface area contributed by atoms with E-state index in [0.717, 1.165) is 82.9 Å². The minimum absolute atomic E-state index is 0.649. The SMILES string of the molecule is c1ccc(-c2cccc(-c3nc(-n4c5ccccc5c5c6cc(-c7ccc(-c8cccc9c8oc8ccccc89)cc7)ccc6ccc54)nc4ccccc34)c2)cc1. The van der Waals surface area contributed by atoms with Gasteiger partial charge in [-0.2, -0.15) is 0 Å². The van der Waals surface area contributed by atoms with E-state index in [1.165, 1.54) is 27.1 Å². The monoisotopic (exact) mass is 739 g/mol. The lowest BCUT2D eigenvalue weighted by Gasteiger charge is -2.13. The summed E-state index contributed by atoms with van der Waals surface area (Å²) in [6.45, 7) is 0. The lowest BCUT2D eigenvalue weighted by molar-refractivity contribution is 0.670. The second-order valence-electron chi connectivity index (χ2n) is 14.9. The summed E-state index contributed by atoms with van der Waals surface area (Å²) in [6, 6.07) is 70.9. The molecule has 270 valence electrons. The van der Waals surface area contributed by atoms with Gasteiger partial charge in [-0.25, -0.2) is 9.97 Å². The summed E-state index contributed by atoms with van der Waals surface area (Å²) < 4.78 is 8.61. The molecule has 0 aliphatic heterocycles. The average Bonchev–Trinajstić information content (AvgIpc) is 3.85. The van der Waals surface area contributed by atoms with Crippen LogP contribution in [-0.4, -0.2) is 14.5 Å². The third-order valence-electron chi connectivity index (χ3n) is 11.6. The Bertz CT molecular complexity index is 3560. The molecule has 0 spiro atoms. The fraction of sp³-hybridized carbons (Fsp3) is 0. The van der Waals surface area contributed by atoms with Gasteiger partial charge in [-0.15, -0.1) is 0 Å². The molecule has 4 heteroatoms. The van der Waals surface area contributed by atoms with Gasteiger partial charge in [0.15, 0.2) is 0 Å². The Morgan fingerprint density at radius 2 is 1.02 bits per heavy atom. The van der Waals surface area contributed by atoms with E-state index >= 15 is 0 Å². The van der Waals surface area contributed by atoms with Crippen molar-refractivity contribution in [2.75, 3.05) is 0 Å². The second-order valence-corrected chi connectivity index (χ2v) is 14.9. The number of furan rings is 1. The van der Waals surface area contributed by atoms with Crippen LogP contribution in [0.25, 0.3) is 116 Å². The number of hydrogen-bond acceptors (Lipinski definition) is 3. The number of rotatable bonds is 5. The van der Waals surface area contributed by atoms with Crippen molar-refractivity contribution >= 4 is 65.4 Å². The fourth-order valence-electron chi connectivity index (χ4n) is 8.86. The summed E-state index contributed by atoms with van der Waals surface area (Å²) in [5.41, 5.74) is 13.7. The third kappa shape index (κ3) is 5.09. The van der Waals surface area contributed by atoms with Gasteiger partial charge >= 0.3 is 0 Å². The standard InChI is InChI=1S/C54H33N3O/c1-2-12-34(13-3-1)38-14-10-15-40(32-38)52-44-17-4-7-21-47(44)55-54(56-52)57-48-22-8-5-18-45(48)51-46-33-39(29-28-37(46)30-31-49(51)57)35-24-26-36(27-25-35)41-19-11-20-43-42-16-6-9-23-50(42)58-53(41)43/h1-33H. The minimum Gasteiger partial charge on any atom is -0.455 e. The molecule has 0 N–H and O–H groups in total. The molecule has 0 fully saturated rings. The van der Waals surface area contributed by atoms with E-state index in [9.17, 15) is 0 Å². The molecule has 0 atom stereocenters. The largest absolute Gasteiger partial charge is 0.455 e. The van der Waals surface area contributed by atoms with Crippen molar-refractivity contribution in [3.05, 3.63) is 200 Å². The first-order valence-corrected chi connectivity index (χ1v) is 19.7. The minimum atomic E-state index is 0.649. The Morgan fingerprint density at radius 3 is 1.91 bits per heavy atom. The van der Waals surface area contributed by atoms with Crippen molar-refractivity contribution in [3.8, 4) is 50.6 Å². The molecular weight excluding hydrogens is 707 g/mol. The molecule has 4 nitrogen and oxygen atoms in total. The Balaban J connectivity index is 1.01. The molecule has 0 amide bonds. The number of hydrogen-bond donors (Lipinski definition) is 0. The zero-order valence-electron chi connectivity index (χ0n) is 31.3. The van der Waals surface area contributed by atoms with E-state index < -0.39 is 0 Å². The summed E-state index contributed by atoms with van der Waals surface area (Å²) in [6.07, 6.45) is 0. The quantitative estimate of drug-likeness (QED) is 0.177. The highest BCUT2D eigenvalue weighted by Gasteiger charge is 2.20. The number of fused-ring (bicyclic) bond motifs is 9.